The van der Waals surface area contributed by atoms with Gasteiger partial charge >= 0.3 is 0 Å². The molecular formula is C29H23ClN4O3S. The summed E-state index contributed by atoms with van der Waals surface area (Å²) < 4.78 is 1.78. The third-order valence-electron chi connectivity index (χ3n) is 6.48. The van der Waals surface area contributed by atoms with Crippen LogP contribution in [-0.4, -0.2) is 27.4 Å². The van der Waals surface area contributed by atoms with Crippen LogP contribution in [0.4, 0.5) is 11.4 Å². The van der Waals surface area contributed by atoms with Crippen molar-refractivity contribution in [1.82, 2.24) is 9.88 Å². The van der Waals surface area contributed by atoms with Gasteiger partial charge in [0.1, 0.15) is 12.1 Å². The number of aryl methyl sites for hydroxylation is 1. The van der Waals surface area contributed by atoms with Gasteiger partial charge in [0.25, 0.3) is 11.8 Å². The lowest BCUT2D eigenvalue weighted by Gasteiger charge is -2.30. The van der Waals surface area contributed by atoms with Gasteiger partial charge in [-0.05, 0) is 79.7 Å². The van der Waals surface area contributed by atoms with Crippen LogP contribution in [0.5, 0.6) is 0 Å². The number of carbonyl (C=O) groups excluding carboxylic acids is 3. The Labute approximate surface area is 229 Å². The van der Waals surface area contributed by atoms with E-state index in [0.717, 1.165) is 22.0 Å². The number of nitrogens with zero attached hydrogens (tertiary/aromatic N) is 2. The predicted molar refractivity (Wildman–Crippen MR) is 154 cm³/mol. The van der Waals surface area contributed by atoms with Crippen molar-refractivity contribution in [2.24, 2.45) is 0 Å². The van der Waals surface area contributed by atoms with Crippen molar-refractivity contribution in [1.29, 1.82) is 0 Å². The zero-order valence-electron chi connectivity index (χ0n) is 20.6. The molecule has 3 amide bonds. The number of anilines is 2. The summed E-state index contributed by atoms with van der Waals surface area (Å²) in [6, 6.07) is 19.9. The molecule has 0 atom stereocenters. The second-order valence-corrected chi connectivity index (χ2v) is 9.78. The summed E-state index contributed by atoms with van der Waals surface area (Å²) in [5.41, 5.74) is 4.51. The van der Waals surface area contributed by atoms with Crippen molar-refractivity contribution >= 4 is 75.0 Å². The van der Waals surface area contributed by atoms with Gasteiger partial charge in [-0.3, -0.25) is 24.6 Å². The summed E-state index contributed by atoms with van der Waals surface area (Å²) in [4.78, 5) is 40.6. The number of halogens is 1. The third kappa shape index (κ3) is 4.83. The Balaban J connectivity index is 1.49. The van der Waals surface area contributed by atoms with Crippen molar-refractivity contribution in [3.05, 3.63) is 100 Å². The number of para-hydroxylation sites is 1. The molecule has 1 saturated heterocycles. The number of benzene rings is 3. The fourth-order valence-electron chi connectivity index (χ4n) is 4.42. The number of hydrogen-bond donors (Lipinski definition) is 2. The highest BCUT2D eigenvalue weighted by Crippen LogP contribution is 2.29. The van der Waals surface area contributed by atoms with Crippen LogP contribution >= 0.6 is 23.8 Å². The first-order valence-electron chi connectivity index (χ1n) is 11.8. The zero-order valence-corrected chi connectivity index (χ0v) is 22.2. The van der Waals surface area contributed by atoms with E-state index in [4.69, 9.17) is 23.8 Å². The summed E-state index contributed by atoms with van der Waals surface area (Å²) in [5, 5.41) is 6.91. The average molecular weight is 543 g/mol. The molecule has 5 rings (SSSR count). The third-order valence-corrected chi connectivity index (χ3v) is 7.02. The van der Waals surface area contributed by atoms with E-state index in [2.05, 4.69) is 10.6 Å². The summed E-state index contributed by atoms with van der Waals surface area (Å²) in [6.07, 6.45) is 3.31. The van der Waals surface area contributed by atoms with Crippen LogP contribution in [0, 0.1) is 13.8 Å². The van der Waals surface area contributed by atoms with Gasteiger partial charge in [-0.25, -0.2) is 0 Å². The van der Waals surface area contributed by atoms with Gasteiger partial charge in [-0.15, -0.1) is 0 Å². The van der Waals surface area contributed by atoms with E-state index in [9.17, 15) is 14.4 Å². The molecule has 0 saturated carbocycles. The van der Waals surface area contributed by atoms with Gasteiger partial charge in [0.15, 0.2) is 5.11 Å². The maximum absolute atomic E-state index is 13.6. The van der Waals surface area contributed by atoms with E-state index in [-0.39, 0.29) is 23.1 Å². The van der Waals surface area contributed by atoms with Crippen LogP contribution in [0.25, 0.3) is 17.0 Å². The number of nitrogens with one attached hydrogen (secondary N) is 2. The lowest BCUT2D eigenvalue weighted by molar-refractivity contribution is -0.122. The highest BCUT2D eigenvalue weighted by Gasteiger charge is 2.35. The maximum atomic E-state index is 13.6. The van der Waals surface area contributed by atoms with E-state index >= 15 is 0 Å². The minimum absolute atomic E-state index is 0.0329. The largest absolute Gasteiger partial charge is 0.337 e. The van der Waals surface area contributed by atoms with Crippen LogP contribution in [0.15, 0.2) is 78.5 Å². The van der Waals surface area contributed by atoms with Crippen LogP contribution in [0.3, 0.4) is 0 Å². The van der Waals surface area contributed by atoms with Gasteiger partial charge in [0.05, 0.1) is 5.69 Å². The molecule has 4 aromatic rings. The molecule has 190 valence electrons. The fraction of sp³-hybridized carbons (Fsp3) is 0.103. The van der Waals surface area contributed by atoms with E-state index in [1.54, 1.807) is 47.2 Å². The van der Waals surface area contributed by atoms with Crippen LogP contribution in [-0.2, 0) is 20.9 Å². The smallest absolute Gasteiger partial charge is 0.270 e. The molecule has 2 heterocycles. The highest BCUT2D eigenvalue weighted by atomic mass is 35.5. The molecule has 0 aliphatic carbocycles. The van der Waals surface area contributed by atoms with E-state index in [0.29, 0.717) is 22.0 Å². The van der Waals surface area contributed by atoms with E-state index < -0.39 is 11.8 Å². The molecule has 2 N–H and O–H groups in total. The van der Waals surface area contributed by atoms with E-state index in [1.807, 2.05) is 50.2 Å². The van der Waals surface area contributed by atoms with Gasteiger partial charge in [0, 0.05) is 33.4 Å². The van der Waals surface area contributed by atoms with Gasteiger partial charge in [0.2, 0.25) is 5.91 Å². The number of carbonyl (C=O) groups is 3. The molecular weight excluding hydrogens is 520 g/mol. The molecule has 1 aliphatic rings. The molecule has 0 unspecified atom stereocenters. The Bertz CT molecular complexity index is 1660. The van der Waals surface area contributed by atoms with Crippen LogP contribution in [0.2, 0.25) is 5.02 Å². The monoisotopic (exact) mass is 542 g/mol. The Kier molecular flexibility index (Phi) is 6.84. The molecule has 9 heteroatoms. The number of rotatable bonds is 5. The van der Waals surface area contributed by atoms with Crippen molar-refractivity contribution < 1.29 is 14.4 Å². The predicted octanol–water partition coefficient (Wildman–Crippen LogP) is 5.38. The molecule has 0 bridgehead atoms. The van der Waals surface area contributed by atoms with Gasteiger partial charge in [-0.1, -0.05) is 41.9 Å². The highest BCUT2D eigenvalue weighted by molar-refractivity contribution is 7.80. The summed E-state index contributed by atoms with van der Waals surface area (Å²) in [7, 11) is 0. The van der Waals surface area contributed by atoms with E-state index in [1.165, 1.54) is 4.90 Å². The minimum atomic E-state index is -0.570. The molecule has 1 fully saturated rings. The van der Waals surface area contributed by atoms with Crippen molar-refractivity contribution in [3.63, 3.8) is 0 Å². The van der Waals surface area contributed by atoms with Gasteiger partial charge in [-0.2, -0.15) is 0 Å². The Morgan fingerprint density at radius 1 is 1.03 bits per heavy atom. The van der Waals surface area contributed by atoms with Crippen LogP contribution < -0.4 is 15.5 Å². The molecule has 38 heavy (non-hydrogen) atoms. The van der Waals surface area contributed by atoms with Crippen molar-refractivity contribution in [2.45, 2.75) is 20.4 Å². The minimum Gasteiger partial charge on any atom is -0.337 e. The SMILES string of the molecule is Cc1cccc(N2C(=O)/C(=C/c3cn(CC(=O)Nc4ccc(Cl)cc4)c4ccccc34)C(=O)NC2=S)c1C. The molecule has 3 aromatic carbocycles. The topological polar surface area (TPSA) is 83.4 Å². The Hall–Kier alpha value is -4.27. The molecule has 0 radical (unpaired) electrons. The van der Waals surface area contributed by atoms with Crippen molar-refractivity contribution in [3.8, 4) is 0 Å². The molecule has 7 nitrogen and oxygen atoms in total. The number of aromatic nitrogens is 1. The first-order valence-corrected chi connectivity index (χ1v) is 12.6. The lowest BCUT2D eigenvalue weighted by atomic mass is 10.0. The quantitative estimate of drug-likeness (QED) is 0.201. The van der Waals surface area contributed by atoms with Crippen molar-refractivity contribution in [2.75, 3.05) is 10.2 Å². The van der Waals surface area contributed by atoms with Gasteiger partial charge < -0.3 is 9.88 Å². The zero-order chi connectivity index (χ0) is 27.0. The summed E-state index contributed by atoms with van der Waals surface area (Å²) in [5.74, 6) is -1.31. The first-order chi connectivity index (χ1) is 18.2. The number of thiocarbonyl (C=S) groups is 1. The Morgan fingerprint density at radius 2 is 1.76 bits per heavy atom. The molecule has 1 aromatic heterocycles. The van der Waals surface area contributed by atoms with Crippen LogP contribution in [0.1, 0.15) is 16.7 Å². The normalized spacial score (nSPS) is 14.8. The second kappa shape index (κ2) is 10.2. The molecule has 0 spiro atoms. The molecule has 1 aliphatic heterocycles. The number of hydrogen-bond acceptors (Lipinski definition) is 4. The standard InChI is InChI=1S/C29H23ClN4O3S/c1-17-6-5-9-24(18(17)2)34-28(37)23(27(36)32-29(34)38)14-19-15-33(25-8-4-3-7-22(19)25)16-26(35)31-21-12-10-20(30)11-13-21/h3-15H,16H2,1-2H3,(H,31,35)(H,32,36,38)/b23-14+. The second-order valence-electron chi connectivity index (χ2n) is 8.96. The summed E-state index contributed by atoms with van der Waals surface area (Å²) in [6.45, 7) is 3.89. The Morgan fingerprint density at radius 3 is 2.53 bits per heavy atom. The maximum Gasteiger partial charge on any atom is 0.270 e. The first kappa shape index (κ1) is 25.4. The number of amides is 3. The summed E-state index contributed by atoms with van der Waals surface area (Å²) >= 11 is 11.3. The average Bonchev–Trinajstić information content (AvgIpc) is 3.22. The lowest BCUT2D eigenvalue weighted by Crippen LogP contribution is -2.54. The fourth-order valence-corrected chi connectivity index (χ4v) is 4.82. The number of fused-ring (bicyclic) bond motifs is 1.